The van der Waals surface area contributed by atoms with Gasteiger partial charge in [-0.05, 0) is 5.56 Å². The van der Waals surface area contributed by atoms with Gasteiger partial charge in [0.2, 0.25) is 5.76 Å². The Morgan fingerprint density at radius 1 is 1.25 bits per heavy atom. The number of hydrogen-bond donors (Lipinski definition) is 2. The van der Waals surface area contributed by atoms with Gasteiger partial charge in [-0.2, -0.15) is 0 Å². The van der Waals surface area contributed by atoms with Crippen LogP contribution in [0.3, 0.4) is 0 Å². The molecule has 1 amide bonds. The van der Waals surface area contributed by atoms with Crippen LogP contribution in [0.5, 0.6) is 0 Å². The lowest BCUT2D eigenvalue weighted by Crippen LogP contribution is -2.34. The van der Waals surface area contributed by atoms with Crippen LogP contribution in [0.15, 0.2) is 42.4 Å². The van der Waals surface area contributed by atoms with E-state index >= 15 is 0 Å². The second-order valence-corrected chi connectivity index (χ2v) is 4.21. The van der Waals surface area contributed by atoms with Gasteiger partial charge in [0.05, 0.1) is 5.92 Å². The number of aliphatic carboxylic acids is 1. The van der Waals surface area contributed by atoms with Gasteiger partial charge in [-0.25, -0.2) is 0 Å². The fraction of sp³-hybridized carbons (Fsp3) is 0.286. The van der Waals surface area contributed by atoms with Gasteiger partial charge < -0.3 is 19.9 Å². The fourth-order valence-corrected chi connectivity index (χ4v) is 1.80. The zero-order valence-corrected chi connectivity index (χ0v) is 10.7. The maximum Gasteiger partial charge on any atom is 0.312 e. The first-order valence-electron chi connectivity index (χ1n) is 6.19. The summed E-state index contributed by atoms with van der Waals surface area (Å²) in [5, 5.41) is 11.8. The lowest BCUT2D eigenvalue weighted by atomic mass is 9.99. The van der Waals surface area contributed by atoms with Crippen LogP contribution in [0, 0.1) is 0 Å². The number of carboxylic acid groups (broad SMARTS) is 1. The van der Waals surface area contributed by atoms with Crippen LogP contribution in [-0.2, 0) is 19.1 Å². The monoisotopic (exact) mass is 277 g/mol. The van der Waals surface area contributed by atoms with E-state index in [2.05, 4.69) is 5.32 Å². The summed E-state index contributed by atoms with van der Waals surface area (Å²) in [6, 6.07) is 8.75. The average molecular weight is 277 g/mol. The number of nitrogens with one attached hydrogen (secondary N) is 1. The minimum atomic E-state index is -0.994. The van der Waals surface area contributed by atoms with Crippen molar-refractivity contribution in [3.05, 3.63) is 47.9 Å². The molecule has 0 saturated carbocycles. The van der Waals surface area contributed by atoms with E-state index in [1.165, 1.54) is 6.26 Å². The summed E-state index contributed by atoms with van der Waals surface area (Å²) in [5.74, 6) is -2.21. The van der Waals surface area contributed by atoms with Crippen molar-refractivity contribution < 1.29 is 24.2 Å². The Bertz CT molecular complexity index is 512. The van der Waals surface area contributed by atoms with Gasteiger partial charge in [0.1, 0.15) is 19.5 Å². The van der Waals surface area contributed by atoms with E-state index in [1.54, 1.807) is 30.3 Å². The molecule has 1 aliphatic heterocycles. The molecular weight excluding hydrogens is 262 g/mol. The molecule has 1 atom stereocenters. The number of rotatable bonds is 5. The van der Waals surface area contributed by atoms with Crippen molar-refractivity contribution in [1.29, 1.82) is 0 Å². The minimum Gasteiger partial charge on any atom is -0.494 e. The van der Waals surface area contributed by atoms with Crippen LogP contribution in [0.25, 0.3) is 0 Å². The normalized spacial score (nSPS) is 15.3. The van der Waals surface area contributed by atoms with Gasteiger partial charge in [-0.1, -0.05) is 30.3 Å². The molecule has 2 rings (SSSR count). The Labute approximate surface area is 116 Å². The second kappa shape index (κ2) is 6.60. The van der Waals surface area contributed by atoms with Crippen LogP contribution in [-0.4, -0.2) is 36.7 Å². The largest absolute Gasteiger partial charge is 0.494 e. The third-order valence-corrected chi connectivity index (χ3v) is 2.84. The topological polar surface area (TPSA) is 84.9 Å². The molecule has 1 unspecified atom stereocenters. The Kier molecular flexibility index (Phi) is 4.60. The summed E-state index contributed by atoms with van der Waals surface area (Å²) in [5.41, 5.74) is 0.634. The smallest absolute Gasteiger partial charge is 0.312 e. The van der Waals surface area contributed by atoms with Crippen molar-refractivity contribution in [1.82, 2.24) is 5.32 Å². The third-order valence-electron chi connectivity index (χ3n) is 2.84. The van der Waals surface area contributed by atoms with Gasteiger partial charge in [0, 0.05) is 6.54 Å². The van der Waals surface area contributed by atoms with E-state index in [-0.39, 0.29) is 12.3 Å². The molecule has 0 bridgehead atoms. The Balaban J connectivity index is 1.98. The van der Waals surface area contributed by atoms with E-state index in [1.807, 2.05) is 0 Å². The second-order valence-electron chi connectivity index (χ2n) is 4.21. The maximum absolute atomic E-state index is 11.8. The summed E-state index contributed by atoms with van der Waals surface area (Å²) >= 11 is 0. The van der Waals surface area contributed by atoms with Crippen LogP contribution in [0.2, 0.25) is 0 Å². The van der Waals surface area contributed by atoms with Gasteiger partial charge >= 0.3 is 5.97 Å². The van der Waals surface area contributed by atoms with Gasteiger partial charge in [0.25, 0.3) is 5.91 Å². The molecule has 106 valence electrons. The number of carbonyl (C=O) groups is 2. The lowest BCUT2D eigenvalue weighted by Gasteiger charge is -2.17. The predicted molar refractivity (Wildman–Crippen MR) is 69.8 cm³/mol. The summed E-state index contributed by atoms with van der Waals surface area (Å²) < 4.78 is 10.1. The lowest BCUT2D eigenvalue weighted by molar-refractivity contribution is -0.138. The molecule has 1 heterocycles. The molecule has 1 aromatic carbocycles. The first-order valence-corrected chi connectivity index (χ1v) is 6.19. The van der Waals surface area contributed by atoms with Crippen molar-refractivity contribution in [2.75, 3.05) is 19.8 Å². The van der Waals surface area contributed by atoms with E-state index in [0.29, 0.717) is 18.8 Å². The standard InChI is InChI=1S/C14H15NO5/c16-13(12-9-19-6-7-20-12)15-8-11(14(17)18)10-4-2-1-3-5-10/h1-5,9,11H,6-8H2,(H,15,16)(H,17,18). The highest BCUT2D eigenvalue weighted by molar-refractivity contribution is 5.91. The van der Waals surface area contributed by atoms with Crippen molar-refractivity contribution in [2.24, 2.45) is 0 Å². The molecule has 2 N–H and O–H groups in total. The highest BCUT2D eigenvalue weighted by Gasteiger charge is 2.22. The average Bonchev–Trinajstić information content (AvgIpc) is 2.49. The van der Waals surface area contributed by atoms with Gasteiger partial charge in [0.15, 0.2) is 0 Å². The Morgan fingerprint density at radius 3 is 2.60 bits per heavy atom. The highest BCUT2D eigenvalue weighted by Crippen LogP contribution is 2.15. The first-order chi connectivity index (χ1) is 9.68. The SMILES string of the molecule is O=C(NCC(C(=O)O)c1ccccc1)C1=COCCO1. The van der Waals surface area contributed by atoms with E-state index in [4.69, 9.17) is 9.47 Å². The molecule has 0 radical (unpaired) electrons. The van der Waals surface area contributed by atoms with E-state index in [0.717, 1.165) is 0 Å². The molecule has 0 saturated heterocycles. The van der Waals surface area contributed by atoms with Crippen molar-refractivity contribution in [3.8, 4) is 0 Å². The number of benzene rings is 1. The molecule has 6 nitrogen and oxygen atoms in total. The molecule has 6 heteroatoms. The molecule has 1 aromatic rings. The Hall–Kier alpha value is -2.50. The number of ether oxygens (including phenoxy) is 2. The molecule has 20 heavy (non-hydrogen) atoms. The molecule has 0 fully saturated rings. The summed E-state index contributed by atoms with van der Waals surface area (Å²) in [6.45, 7) is 0.692. The maximum atomic E-state index is 11.8. The zero-order chi connectivity index (χ0) is 14.4. The van der Waals surface area contributed by atoms with Crippen molar-refractivity contribution >= 4 is 11.9 Å². The van der Waals surface area contributed by atoms with Crippen LogP contribution < -0.4 is 5.32 Å². The number of carbonyl (C=O) groups excluding carboxylic acids is 1. The van der Waals surface area contributed by atoms with Crippen molar-refractivity contribution in [2.45, 2.75) is 5.92 Å². The fourth-order valence-electron chi connectivity index (χ4n) is 1.80. The third kappa shape index (κ3) is 3.50. The van der Waals surface area contributed by atoms with Crippen LogP contribution in [0.1, 0.15) is 11.5 Å². The number of amides is 1. The minimum absolute atomic E-state index is 0.0150. The quantitative estimate of drug-likeness (QED) is 0.833. The van der Waals surface area contributed by atoms with Crippen LogP contribution >= 0.6 is 0 Å². The van der Waals surface area contributed by atoms with Crippen molar-refractivity contribution in [3.63, 3.8) is 0 Å². The molecule has 0 aromatic heterocycles. The van der Waals surface area contributed by atoms with E-state index < -0.39 is 17.8 Å². The summed E-state index contributed by atoms with van der Waals surface area (Å²) in [6.07, 6.45) is 1.23. The molecule has 1 aliphatic rings. The molecule has 0 spiro atoms. The number of hydrogen-bond acceptors (Lipinski definition) is 4. The Morgan fingerprint density at radius 2 is 2.00 bits per heavy atom. The van der Waals surface area contributed by atoms with Gasteiger partial charge in [-0.3, -0.25) is 9.59 Å². The first kappa shape index (κ1) is 13.9. The zero-order valence-electron chi connectivity index (χ0n) is 10.7. The van der Waals surface area contributed by atoms with E-state index in [9.17, 15) is 14.7 Å². The highest BCUT2D eigenvalue weighted by atomic mass is 16.6. The summed E-state index contributed by atoms with van der Waals surface area (Å²) in [7, 11) is 0. The van der Waals surface area contributed by atoms with Gasteiger partial charge in [-0.15, -0.1) is 0 Å². The summed E-state index contributed by atoms with van der Waals surface area (Å²) in [4.78, 5) is 23.0. The molecule has 0 aliphatic carbocycles. The molecular formula is C14H15NO5. The predicted octanol–water partition coefficient (Wildman–Crippen LogP) is 0.859. The van der Waals surface area contributed by atoms with Crippen LogP contribution in [0.4, 0.5) is 0 Å². The number of carboxylic acids is 1.